The number of aromatic nitrogens is 1. The van der Waals surface area contributed by atoms with E-state index in [0.29, 0.717) is 17.9 Å². The summed E-state index contributed by atoms with van der Waals surface area (Å²) in [5.74, 6) is 0.103. The van der Waals surface area contributed by atoms with Crippen LogP contribution in [-0.2, 0) is 6.54 Å². The maximum atomic E-state index is 10.8. The van der Waals surface area contributed by atoms with Gasteiger partial charge >= 0.3 is 0 Å². The van der Waals surface area contributed by atoms with Crippen LogP contribution in [0.2, 0.25) is 0 Å². The van der Waals surface area contributed by atoms with Gasteiger partial charge in [0.05, 0.1) is 11.5 Å². The van der Waals surface area contributed by atoms with Gasteiger partial charge in [0, 0.05) is 23.5 Å². The zero-order valence-corrected chi connectivity index (χ0v) is 11.3. The molecule has 0 fully saturated rings. The van der Waals surface area contributed by atoms with E-state index in [0.717, 1.165) is 11.3 Å². The summed E-state index contributed by atoms with van der Waals surface area (Å²) in [7, 11) is 0. The monoisotopic (exact) mass is 273 g/mol. The van der Waals surface area contributed by atoms with Gasteiger partial charge < -0.3 is 10.4 Å². The van der Waals surface area contributed by atoms with Gasteiger partial charge in [-0.2, -0.15) is 0 Å². The number of benzene rings is 1. The Morgan fingerprint density at radius 1 is 1.30 bits per heavy atom. The summed E-state index contributed by atoms with van der Waals surface area (Å²) in [5.41, 5.74) is 2.88. The predicted octanol–water partition coefficient (Wildman–Crippen LogP) is 2.92. The van der Waals surface area contributed by atoms with Crippen LogP contribution in [0, 0.1) is 24.0 Å². The van der Waals surface area contributed by atoms with Gasteiger partial charge in [-0.25, -0.2) is 0 Å². The minimum atomic E-state index is -0.437. The van der Waals surface area contributed by atoms with Crippen molar-refractivity contribution in [2.45, 2.75) is 20.4 Å². The molecule has 0 spiro atoms. The predicted molar refractivity (Wildman–Crippen MR) is 75.8 cm³/mol. The Morgan fingerprint density at radius 2 is 2.05 bits per heavy atom. The van der Waals surface area contributed by atoms with Crippen LogP contribution in [-0.4, -0.2) is 15.0 Å². The number of nitro benzene ring substituents is 1. The average molecular weight is 273 g/mol. The third-order valence-electron chi connectivity index (χ3n) is 2.97. The minimum Gasteiger partial charge on any atom is -0.506 e. The van der Waals surface area contributed by atoms with Gasteiger partial charge in [0.15, 0.2) is 0 Å². The molecule has 1 aromatic carbocycles. The van der Waals surface area contributed by atoms with Gasteiger partial charge in [0.25, 0.3) is 5.69 Å². The lowest BCUT2D eigenvalue weighted by Gasteiger charge is -2.10. The Labute approximate surface area is 116 Å². The molecule has 0 bridgehead atoms. The van der Waals surface area contributed by atoms with Crippen molar-refractivity contribution in [1.29, 1.82) is 0 Å². The van der Waals surface area contributed by atoms with Crippen LogP contribution in [0.1, 0.15) is 17.0 Å². The lowest BCUT2D eigenvalue weighted by molar-refractivity contribution is -0.384. The normalized spacial score (nSPS) is 10.3. The highest BCUT2D eigenvalue weighted by atomic mass is 16.6. The van der Waals surface area contributed by atoms with Gasteiger partial charge in [-0.1, -0.05) is 6.07 Å². The summed E-state index contributed by atoms with van der Waals surface area (Å²) in [6, 6.07) is 7.92. The van der Waals surface area contributed by atoms with E-state index < -0.39 is 4.92 Å². The zero-order chi connectivity index (χ0) is 14.7. The summed E-state index contributed by atoms with van der Waals surface area (Å²) < 4.78 is 0. The van der Waals surface area contributed by atoms with Crippen LogP contribution in [0.15, 0.2) is 30.3 Å². The largest absolute Gasteiger partial charge is 0.506 e. The van der Waals surface area contributed by atoms with Crippen LogP contribution in [0.3, 0.4) is 0 Å². The molecule has 0 aliphatic rings. The number of non-ortho nitro benzene ring substituents is 1. The number of rotatable bonds is 4. The molecule has 2 N–H and O–H groups in total. The number of hydrogen-bond acceptors (Lipinski definition) is 5. The topological polar surface area (TPSA) is 88.3 Å². The highest BCUT2D eigenvalue weighted by Crippen LogP contribution is 2.23. The summed E-state index contributed by atoms with van der Waals surface area (Å²) in [6.07, 6.45) is 0. The van der Waals surface area contributed by atoms with E-state index in [-0.39, 0.29) is 11.4 Å². The van der Waals surface area contributed by atoms with Crippen molar-refractivity contribution < 1.29 is 10.0 Å². The first-order chi connectivity index (χ1) is 9.47. The van der Waals surface area contributed by atoms with Crippen LogP contribution in [0.25, 0.3) is 0 Å². The highest BCUT2D eigenvalue weighted by molar-refractivity contribution is 5.57. The molecule has 0 aliphatic heterocycles. The Hall–Kier alpha value is -2.63. The zero-order valence-electron chi connectivity index (χ0n) is 11.3. The fraction of sp³-hybridized carbons (Fsp3) is 0.214. The second-order valence-corrected chi connectivity index (χ2v) is 4.53. The molecule has 0 aliphatic carbocycles. The molecule has 2 rings (SSSR count). The molecule has 6 heteroatoms. The molecule has 0 saturated heterocycles. The smallest absolute Gasteiger partial charge is 0.271 e. The van der Waals surface area contributed by atoms with Gasteiger partial charge in [0.2, 0.25) is 0 Å². The molecule has 6 nitrogen and oxygen atoms in total. The first-order valence-corrected chi connectivity index (χ1v) is 6.12. The van der Waals surface area contributed by atoms with E-state index in [1.54, 1.807) is 18.2 Å². The number of pyridine rings is 1. The molecule has 2 aromatic rings. The molecular formula is C14H15N3O3. The number of nitro groups is 1. The van der Waals surface area contributed by atoms with Crippen molar-refractivity contribution in [2.24, 2.45) is 0 Å². The fourth-order valence-corrected chi connectivity index (χ4v) is 1.83. The first kappa shape index (κ1) is 13.8. The molecule has 0 saturated carbocycles. The second kappa shape index (κ2) is 5.56. The molecule has 0 unspecified atom stereocenters. The number of aromatic hydroxyl groups is 1. The van der Waals surface area contributed by atoms with Gasteiger partial charge in [0.1, 0.15) is 11.4 Å². The van der Waals surface area contributed by atoms with Crippen LogP contribution < -0.4 is 5.32 Å². The maximum absolute atomic E-state index is 10.8. The third kappa shape index (κ3) is 3.03. The molecule has 104 valence electrons. The summed E-state index contributed by atoms with van der Waals surface area (Å²) in [5, 5.41) is 23.5. The maximum Gasteiger partial charge on any atom is 0.271 e. The van der Waals surface area contributed by atoms with E-state index in [1.807, 2.05) is 13.8 Å². The van der Waals surface area contributed by atoms with Crippen molar-refractivity contribution in [1.82, 2.24) is 4.98 Å². The van der Waals surface area contributed by atoms with Crippen molar-refractivity contribution in [3.8, 4) is 5.75 Å². The summed E-state index contributed by atoms with van der Waals surface area (Å²) in [6.45, 7) is 3.99. The number of hydrogen-bond donors (Lipinski definition) is 2. The second-order valence-electron chi connectivity index (χ2n) is 4.53. The van der Waals surface area contributed by atoms with E-state index in [2.05, 4.69) is 10.3 Å². The lowest BCUT2D eigenvalue weighted by Crippen LogP contribution is -2.04. The standard InChI is InChI=1S/C14H15N3O3/c1-9-3-5-11(17(19)20)7-12(9)15-8-13-14(18)6-4-10(2)16-13/h3-7,15,18H,8H2,1-2H3. The molecule has 1 heterocycles. The molecular weight excluding hydrogens is 258 g/mol. The molecule has 20 heavy (non-hydrogen) atoms. The molecule has 0 atom stereocenters. The Bertz CT molecular complexity index is 656. The highest BCUT2D eigenvalue weighted by Gasteiger charge is 2.09. The van der Waals surface area contributed by atoms with Crippen LogP contribution in [0.4, 0.5) is 11.4 Å². The van der Waals surface area contributed by atoms with E-state index >= 15 is 0 Å². The number of nitrogens with zero attached hydrogens (tertiary/aromatic N) is 2. The molecule has 0 radical (unpaired) electrons. The fourth-order valence-electron chi connectivity index (χ4n) is 1.83. The quantitative estimate of drug-likeness (QED) is 0.660. The average Bonchev–Trinajstić information content (AvgIpc) is 2.41. The van der Waals surface area contributed by atoms with E-state index in [9.17, 15) is 15.2 Å². The molecule has 0 amide bonds. The van der Waals surface area contributed by atoms with Crippen molar-refractivity contribution in [3.63, 3.8) is 0 Å². The lowest BCUT2D eigenvalue weighted by atomic mass is 10.1. The van der Waals surface area contributed by atoms with Crippen molar-refractivity contribution in [3.05, 3.63) is 57.4 Å². The van der Waals surface area contributed by atoms with E-state index in [1.165, 1.54) is 12.1 Å². The van der Waals surface area contributed by atoms with Crippen molar-refractivity contribution >= 4 is 11.4 Å². The van der Waals surface area contributed by atoms with E-state index in [4.69, 9.17) is 0 Å². The van der Waals surface area contributed by atoms with Crippen LogP contribution >= 0.6 is 0 Å². The Kier molecular flexibility index (Phi) is 3.84. The Balaban J connectivity index is 2.20. The number of aryl methyl sites for hydroxylation is 2. The Morgan fingerprint density at radius 3 is 2.75 bits per heavy atom. The van der Waals surface area contributed by atoms with Gasteiger partial charge in [-0.3, -0.25) is 15.1 Å². The summed E-state index contributed by atoms with van der Waals surface area (Å²) in [4.78, 5) is 14.6. The minimum absolute atomic E-state index is 0.0273. The van der Waals surface area contributed by atoms with Gasteiger partial charge in [-0.05, 0) is 31.5 Å². The van der Waals surface area contributed by atoms with Crippen LogP contribution in [0.5, 0.6) is 5.75 Å². The number of nitrogens with one attached hydrogen (secondary N) is 1. The van der Waals surface area contributed by atoms with Gasteiger partial charge in [-0.15, -0.1) is 0 Å². The SMILES string of the molecule is Cc1ccc(O)c(CNc2cc([N+](=O)[O-])ccc2C)n1. The first-order valence-electron chi connectivity index (χ1n) is 6.12. The number of anilines is 1. The summed E-state index contributed by atoms with van der Waals surface area (Å²) >= 11 is 0. The van der Waals surface area contributed by atoms with Crippen molar-refractivity contribution in [2.75, 3.05) is 5.32 Å². The third-order valence-corrected chi connectivity index (χ3v) is 2.97. The molecule has 1 aromatic heterocycles.